The van der Waals surface area contributed by atoms with Crippen LogP contribution in [0.3, 0.4) is 0 Å². The molecule has 1 aliphatic rings. The van der Waals surface area contributed by atoms with Gasteiger partial charge in [-0.1, -0.05) is 0 Å². The normalized spacial score (nSPS) is 24.2. The maximum Gasteiger partial charge on any atom is 0.241 e. The lowest BCUT2D eigenvalue weighted by molar-refractivity contribution is -0.117. The van der Waals surface area contributed by atoms with E-state index in [0.29, 0.717) is 18.7 Å². The topological polar surface area (TPSA) is 79.2 Å². The van der Waals surface area contributed by atoms with Crippen molar-refractivity contribution >= 4 is 11.6 Å². The zero-order chi connectivity index (χ0) is 12.4. The van der Waals surface area contributed by atoms with Gasteiger partial charge in [0, 0.05) is 18.8 Å². The van der Waals surface area contributed by atoms with Gasteiger partial charge in [0.2, 0.25) is 5.91 Å². The number of nitrogens with zero attached hydrogens (tertiary/aromatic N) is 2. The lowest BCUT2D eigenvalue weighted by Crippen LogP contribution is -2.35. The fraction of sp³-hybridized carbons (Fsp3) is 0.636. The largest absolute Gasteiger partial charge is 0.392 e. The molecule has 1 aromatic heterocycles. The zero-order valence-electron chi connectivity index (χ0n) is 10.1. The summed E-state index contributed by atoms with van der Waals surface area (Å²) in [5, 5.41) is 19.2. The van der Waals surface area contributed by atoms with Gasteiger partial charge in [-0.2, -0.15) is 5.10 Å². The molecule has 0 aliphatic carbocycles. The molecular formula is C11H18N4O2. The third kappa shape index (κ3) is 2.83. The molecule has 2 atom stereocenters. The molecule has 1 saturated heterocycles. The first-order chi connectivity index (χ1) is 8.06. The average Bonchev–Trinajstić information content (AvgIpc) is 2.86. The van der Waals surface area contributed by atoms with Crippen molar-refractivity contribution in [2.45, 2.75) is 38.5 Å². The van der Waals surface area contributed by atoms with Crippen LogP contribution < -0.4 is 10.6 Å². The first-order valence-electron chi connectivity index (χ1n) is 5.82. The molecular weight excluding hydrogens is 220 g/mol. The molecule has 2 rings (SSSR count). The van der Waals surface area contributed by atoms with Crippen molar-refractivity contribution in [3.05, 3.63) is 12.4 Å². The van der Waals surface area contributed by atoms with Crippen LogP contribution in [-0.4, -0.2) is 39.5 Å². The maximum atomic E-state index is 11.8. The van der Waals surface area contributed by atoms with Crippen LogP contribution in [0, 0.1) is 0 Å². The van der Waals surface area contributed by atoms with E-state index in [9.17, 15) is 9.90 Å². The molecule has 2 unspecified atom stereocenters. The van der Waals surface area contributed by atoms with Crippen LogP contribution in [0.2, 0.25) is 0 Å². The number of hydrogen-bond donors (Lipinski definition) is 3. The number of aromatic nitrogens is 2. The minimum atomic E-state index is -0.427. The summed E-state index contributed by atoms with van der Waals surface area (Å²) >= 11 is 0. The number of rotatable bonds is 3. The average molecular weight is 238 g/mol. The van der Waals surface area contributed by atoms with Gasteiger partial charge < -0.3 is 15.7 Å². The number of carbonyl (C=O) groups excluding carboxylic acids is 1. The number of β-amino-alcohol motifs (C(OH)–C–C–N with tert-alkyl or cyclic N) is 1. The standard InChI is InChI=1S/C11H18N4O2/c1-7(2)15-6-8(4-13-15)14-11(17)10-3-9(16)5-12-10/h4,6-7,9-10,12,16H,3,5H2,1-2H3,(H,14,17). The quantitative estimate of drug-likeness (QED) is 0.699. The van der Waals surface area contributed by atoms with Gasteiger partial charge >= 0.3 is 0 Å². The summed E-state index contributed by atoms with van der Waals surface area (Å²) in [4.78, 5) is 11.8. The van der Waals surface area contributed by atoms with Crippen LogP contribution in [0.1, 0.15) is 26.3 Å². The van der Waals surface area contributed by atoms with Crippen molar-refractivity contribution in [3.63, 3.8) is 0 Å². The van der Waals surface area contributed by atoms with Gasteiger partial charge in [-0.15, -0.1) is 0 Å². The highest BCUT2D eigenvalue weighted by atomic mass is 16.3. The summed E-state index contributed by atoms with van der Waals surface area (Å²) in [6.45, 7) is 4.52. The van der Waals surface area contributed by atoms with Crippen LogP contribution in [0.15, 0.2) is 12.4 Å². The molecule has 1 amide bonds. The monoisotopic (exact) mass is 238 g/mol. The highest BCUT2D eigenvalue weighted by Gasteiger charge is 2.28. The van der Waals surface area contributed by atoms with Crippen LogP contribution in [0.25, 0.3) is 0 Å². The smallest absolute Gasteiger partial charge is 0.241 e. The second-order valence-corrected chi connectivity index (χ2v) is 4.64. The lowest BCUT2D eigenvalue weighted by atomic mass is 10.2. The van der Waals surface area contributed by atoms with Crippen LogP contribution in [0.5, 0.6) is 0 Å². The van der Waals surface area contributed by atoms with Crippen LogP contribution >= 0.6 is 0 Å². The molecule has 3 N–H and O–H groups in total. The predicted molar refractivity (Wildman–Crippen MR) is 63.7 cm³/mol. The number of amides is 1. The van der Waals surface area contributed by atoms with Gasteiger partial charge in [0.25, 0.3) is 0 Å². The Morgan fingerprint density at radius 3 is 3.00 bits per heavy atom. The molecule has 0 saturated carbocycles. The molecule has 1 aromatic rings. The van der Waals surface area contributed by atoms with Crippen molar-refractivity contribution in [2.24, 2.45) is 0 Å². The van der Waals surface area contributed by atoms with E-state index < -0.39 is 6.10 Å². The maximum absolute atomic E-state index is 11.8. The second-order valence-electron chi connectivity index (χ2n) is 4.64. The summed E-state index contributed by atoms with van der Waals surface area (Å²) in [7, 11) is 0. The molecule has 1 fully saturated rings. The molecule has 0 bridgehead atoms. The van der Waals surface area contributed by atoms with E-state index in [-0.39, 0.29) is 18.0 Å². The van der Waals surface area contributed by atoms with Crippen molar-refractivity contribution < 1.29 is 9.90 Å². The van der Waals surface area contributed by atoms with E-state index in [1.807, 2.05) is 13.8 Å². The van der Waals surface area contributed by atoms with Crippen molar-refractivity contribution in [1.29, 1.82) is 0 Å². The third-order valence-electron chi connectivity index (χ3n) is 2.82. The summed E-state index contributed by atoms with van der Waals surface area (Å²) in [6, 6.07) is -0.0421. The fourth-order valence-electron chi connectivity index (χ4n) is 1.83. The van der Waals surface area contributed by atoms with Gasteiger partial charge in [0.05, 0.1) is 24.0 Å². The molecule has 6 nitrogen and oxygen atoms in total. The van der Waals surface area contributed by atoms with E-state index in [2.05, 4.69) is 15.7 Å². The van der Waals surface area contributed by atoms with E-state index in [1.54, 1.807) is 17.1 Å². The van der Waals surface area contributed by atoms with Crippen LogP contribution in [0.4, 0.5) is 5.69 Å². The zero-order valence-corrected chi connectivity index (χ0v) is 10.1. The van der Waals surface area contributed by atoms with Crippen molar-refractivity contribution in [3.8, 4) is 0 Å². The molecule has 0 radical (unpaired) electrons. The SMILES string of the molecule is CC(C)n1cc(NC(=O)C2CC(O)CN2)cn1. The van der Waals surface area contributed by atoms with Crippen molar-refractivity contribution in [1.82, 2.24) is 15.1 Å². The number of anilines is 1. The molecule has 0 aromatic carbocycles. The third-order valence-corrected chi connectivity index (χ3v) is 2.82. The Balaban J connectivity index is 1.93. The Bertz CT molecular complexity index is 402. The summed E-state index contributed by atoms with van der Waals surface area (Å²) in [5.41, 5.74) is 0.687. The van der Waals surface area contributed by atoms with Crippen molar-refractivity contribution in [2.75, 3.05) is 11.9 Å². The Morgan fingerprint density at radius 2 is 2.47 bits per heavy atom. The molecule has 6 heteroatoms. The Morgan fingerprint density at radius 1 is 1.71 bits per heavy atom. The molecule has 94 valence electrons. The Hall–Kier alpha value is -1.40. The lowest BCUT2D eigenvalue weighted by Gasteiger charge is -2.09. The summed E-state index contributed by atoms with van der Waals surface area (Å²) < 4.78 is 1.78. The van der Waals surface area contributed by atoms with Gasteiger partial charge in [-0.3, -0.25) is 9.48 Å². The molecule has 1 aliphatic heterocycles. The highest BCUT2D eigenvalue weighted by Crippen LogP contribution is 2.12. The number of carbonyl (C=O) groups is 1. The van der Waals surface area contributed by atoms with E-state index in [1.165, 1.54) is 0 Å². The Kier molecular flexibility index (Phi) is 3.44. The minimum absolute atomic E-state index is 0.121. The molecule has 17 heavy (non-hydrogen) atoms. The fourth-order valence-corrected chi connectivity index (χ4v) is 1.83. The number of aliphatic hydroxyl groups excluding tert-OH is 1. The van der Waals surface area contributed by atoms with Gasteiger partial charge in [-0.25, -0.2) is 0 Å². The summed E-state index contributed by atoms with van der Waals surface area (Å²) in [5.74, 6) is -0.121. The van der Waals surface area contributed by atoms with E-state index in [4.69, 9.17) is 0 Å². The number of hydrogen-bond acceptors (Lipinski definition) is 4. The Labute approximate surface area is 100 Å². The summed E-state index contributed by atoms with van der Waals surface area (Å²) in [6.07, 6.45) is 3.46. The van der Waals surface area contributed by atoms with E-state index in [0.717, 1.165) is 0 Å². The number of aliphatic hydroxyl groups is 1. The van der Waals surface area contributed by atoms with Gasteiger partial charge in [0.15, 0.2) is 0 Å². The number of nitrogens with one attached hydrogen (secondary N) is 2. The molecule has 0 spiro atoms. The first kappa shape index (κ1) is 12.1. The first-order valence-corrected chi connectivity index (χ1v) is 5.82. The minimum Gasteiger partial charge on any atom is -0.392 e. The molecule has 2 heterocycles. The van der Waals surface area contributed by atoms with E-state index >= 15 is 0 Å². The van der Waals surface area contributed by atoms with Gasteiger partial charge in [0.1, 0.15) is 0 Å². The van der Waals surface area contributed by atoms with Crippen LogP contribution in [-0.2, 0) is 4.79 Å². The van der Waals surface area contributed by atoms with Gasteiger partial charge in [-0.05, 0) is 20.3 Å². The second kappa shape index (κ2) is 4.85. The predicted octanol–water partition coefficient (Wildman–Crippen LogP) is 0.125. The highest BCUT2D eigenvalue weighted by molar-refractivity contribution is 5.94.